The molecule has 2 rings (SSSR count). The van der Waals surface area contributed by atoms with Crippen molar-refractivity contribution in [2.75, 3.05) is 13.1 Å². The van der Waals surface area contributed by atoms with Crippen molar-refractivity contribution in [3.05, 3.63) is 35.6 Å². The van der Waals surface area contributed by atoms with Gasteiger partial charge < -0.3 is 15.3 Å². The number of aliphatic hydroxyl groups excluding tert-OH is 1. The van der Waals surface area contributed by atoms with Crippen molar-refractivity contribution >= 4 is 6.03 Å². The van der Waals surface area contributed by atoms with Gasteiger partial charge in [-0.15, -0.1) is 0 Å². The first kappa shape index (κ1) is 15.8. The number of carbonyl (C=O) groups excluding carboxylic acids is 1. The Morgan fingerprint density at radius 2 is 2.33 bits per heavy atom. The molecule has 4 nitrogen and oxygen atoms in total. The van der Waals surface area contributed by atoms with Crippen LogP contribution in [0.4, 0.5) is 9.18 Å². The first-order chi connectivity index (χ1) is 9.95. The number of piperidine rings is 1. The first-order valence-corrected chi connectivity index (χ1v) is 7.43. The summed E-state index contributed by atoms with van der Waals surface area (Å²) in [6.07, 6.45) is 0.936. The van der Waals surface area contributed by atoms with E-state index in [9.17, 15) is 14.3 Å². The van der Waals surface area contributed by atoms with Crippen LogP contribution in [0.1, 0.15) is 25.8 Å². The first-order valence-electron chi connectivity index (χ1n) is 7.43. The summed E-state index contributed by atoms with van der Waals surface area (Å²) in [7, 11) is 0. The molecule has 1 saturated heterocycles. The average molecular weight is 294 g/mol. The van der Waals surface area contributed by atoms with E-state index in [0.29, 0.717) is 19.5 Å². The van der Waals surface area contributed by atoms with E-state index in [-0.39, 0.29) is 23.8 Å². The minimum atomic E-state index is -0.456. The summed E-state index contributed by atoms with van der Waals surface area (Å²) < 4.78 is 13.1. The van der Waals surface area contributed by atoms with Crippen LogP contribution in [0, 0.1) is 11.7 Å². The number of β-amino-alcohol motifs (C(OH)–C–C–N with tert-alkyl or cyclic N) is 1. The van der Waals surface area contributed by atoms with Crippen LogP contribution in [0.25, 0.3) is 0 Å². The van der Waals surface area contributed by atoms with Gasteiger partial charge in [-0.2, -0.15) is 0 Å². The van der Waals surface area contributed by atoms with E-state index in [1.807, 2.05) is 19.9 Å². The molecule has 0 spiro atoms. The van der Waals surface area contributed by atoms with Gasteiger partial charge in [0.25, 0.3) is 0 Å². The Morgan fingerprint density at radius 1 is 1.57 bits per heavy atom. The van der Waals surface area contributed by atoms with E-state index >= 15 is 0 Å². The molecule has 1 aromatic carbocycles. The number of benzene rings is 1. The number of nitrogens with zero attached hydrogens (tertiary/aromatic N) is 1. The number of hydrogen-bond acceptors (Lipinski definition) is 2. The fourth-order valence-electron chi connectivity index (χ4n) is 2.60. The number of likely N-dealkylation sites (tertiary alicyclic amines) is 1. The molecular weight excluding hydrogens is 271 g/mol. The van der Waals surface area contributed by atoms with Crippen LogP contribution in [0.3, 0.4) is 0 Å². The standard InChI is InChI=1S/C16H23FN2O2/c1-11-6-7-19(10-15(11)20)16(21)18-12(2)8-13-4-3-5-14(17)9-13/h3-5,9,11-12,15,20H,6-8,10H2,1-2H3,(H,18,21). The Morgan fingerprint density at radius 3 is 3.00 bits per heavy atom. The van der Waals surface area contributed by atoms with Crippen LogP contribution in [-0.4, -0.2) is 41.3 Å². The van der Waals surface area contributed by atoms with Crippen molar-refractivity contribution in [2.45, 2.75) is 38.8 Å². The molecule has 1 aliphatic heterocycles. The third-order valence-electron chi connectivity index (χ3n) is 4.01. The quantitative estimate of drug-likeness (QED) is 0.897. The molecule has 2 N–H and O–H groups in total. The van der Waals surface area contributed by atoms with E-state index < -0.39 is 6.10 Å². The van der Waals surface area contributed by atoms with Gasteiger partial charge in [0.2, 0.25) is 0 Å². The second-order valence-electron chi connectivity index (χ2n) is 5.96. The molecule has 1 aromatic rings. The molecule has 1 fully saturated rings. The zero-order chi connectivity index (χ0) is 15.4. The van der Waals surface area contributed by atoms with Gasteiger partial charge >= 0.3 is 6.03 Å². The van der Waals surface area contributed by atoms with Gasteiger partial charge in [-0.25, -0.2) is 9.18 Å². The van der Waals surface area contributed by atoms with Crippen LogP contribution < -0.4 is 5.32 Å². The molecule has 0 radical (unpaired) electrons. The van der Waals surface area contributed by atoms with E-state index in [4.69, 9.17) is 0 Å². The molecule has 0 aromatic heterocycles. The van der Waals surface area contributed by atoms with Gasteiger partial charge in [-0.3, -0.25) is 0 Å². The molecule has 0 bridgehead atoms. The molecule has 5 heteroatoms. The summed E-state index contributed by atoms with van der Waals surface area (Å²) in [4.78, 5) is 13.8. The molecule has 2 amide bonds. The van der Waals surface area contributed by atoms with Crippen molar-refractivity contribution in [2.24, 2.45) is 5.92 Å². The average Bonchev–Trinajstić information content (AvgIpc) is 2.41. The van der Waals surface area contributed by atoms with Gasteiger partial charge in [0, 0.05) is 19.1 Å². The lowest BCUT2D eigenvalue weighted by molar-refractivity contribution is 0.0431. The summed E-state index contributed by atoms with van der Waals surface area (Å²) in [5.74, 6) is -0.0297. The highest BCUT2D eigenvalue weighted by molar-refractivity contribution is 5.74. The van der Waals surface area contributed by atoms with E-state index in [1.165, 1.54) is 12.1 Å². The molecule has 21 heavy (non-hydrogen) atoms. The van der Waals surface area contributed by atoms with Crippen molar-refractivity contribution in [3.63, 3.8) is 0 Å². The fourth-order valence-corrected chi connectivity index (χ4v) is 2.60. The Balaban J connectivity index is 1.85. The summed E-state index contributed by atoms with van der Waals surface area (Å²) in [6.45, 7) is 4.93. The zero-order valence-corrected chi connectivity index (χ0v) is 12.6. The molecule has 116 valence electrons. The second kappa shape index (κ2) is 6.89. The van der Waals surface area contributed by atoms with Crippen LogP contribution >= 0.6 is 0 Å². The molecule has 0 saturated carbocycles. The number of halogens is 1. The SMILES string of the molecule is CC(Cc1cccc(F)c1)NC(=O)N1CCC(C)C(O)C1. The maximum Gasteiger partial charge on any atom is 0.317 e. The van der Waals surface area contributed by atoms with Gasteiger partial charge in [0.15, 0.2) is 0 Å². The Bertz CT molecular complexity index is 495. The largest absolute Gasteiger partial charge is 0.391 e. The summed E-state index contributed by atoms with van der Waals surface area (Å²) >= 11 is 0. The van der Waals surface area contributed by atoms with Crippen LogP contribution in [0.5, 0.6) is 0 Å². The number of hydrogen-bond donors (Lipinski definition) is 2. The molecule has 3 unspecified atom stereocenters. The molecule has 1 heterocycles. The number of aliphatic hydroxyl groups is 1. The van der Waals surface area contributed by atoms with E-state index in [0.717, 1.165) is 12.0 Å². The Kier molecular flexibility index (Phi) is 5.17. The lowest BCUT2D eigenvalue weighted by atomic mass is 9.96. The van der Waals surface area contributed by atoms with E-state index in [1.54, 1.807) is 11.0 Å². The van der Waals surface area contributed by atoms with Crippen LogP contribution in [0.15, 0.2) is 24.3 Å². The third kappa shape index (κ3) is 4.43. The van der Waals surface area contributed by atoms with Crippen molar-refractivity contribution < 1.29 is 14.3 Å². The molecule has 3 atom stereocenters. The number of amides is 2. The maximum absolute atomic E-state index is 13.1. The number of nitrogens with one attached hydrogen (secondary N) is 1. The van der Waals surface area contributed by atoms with E-state index in [2.05, 4.69) is 5.32 Å². The van der Waals surface area contributed by atoms with Crippen molar-refractivity contribution in [1.29, 1.82) is 0 Å². The predicted molar refractivity (Wildman–Crippen MR) is 79.5 cm³/mol. The van der Waals surface area contributed by atoms with Gasteiger partial charge in [0.1, 0.15) is 5.82 Å². The fraction of sp³-hybridized carbons (Fsp3) is 0.562. The molecule has 0 aliphatic carbocycles. The zero-order valence-electron chi connectivity index (χ0n) is 12.6. The minimum absolute atomic E-state index is 0.0872. The highest BCUT2D eigenvalue weighted by Gasteiger charge is 2.27. The van der Waals surface area contributed by atoms with Gasteiger partial charge in [-0.05, 0) is 43.4 Å². The minimum Gasteiger partial charge on any atom is -0.391 e. The topological polar surface area (TPSA) is 52.6 Å². The monoisotopic (exact) mass is 294 g/mol. The Labute approximate surface area is 125 Å². The lowest BCUT2D eigenvalue weighted by Gasteiger charge is -2.34. The summed E-state index contributed by atoms with van der Waals surface area (Å²) in [5.41, 5.74) is 0.857. The summed E-state index contributed by atoms with van der Waals surface area (Å²) in [6, 6.07) is 6.15. The highest BCUT2D eigenvalue weighted by Crippen LogP contribution is 2.17. The number of urea groups is 1. The maximum atomic E-state index is 13.1. The normalized spacial score (nSPS) is 23.7. The number of carbonyl (C=O) groups is 1. The van der Waals surface area contributed by atoms with Crippen molar-refractivity contribution in [1.82, 2.24) is 10.2 Å². The lowest BCUT2D eigenvalue weighted by Crippen LogP contribution is -2.51. The molecule has 1 aliphatic rings. The third-order valence-corrected chi connectivity index (χ3v) is 4.01. The van der Waals surface area contributed by atoms with Crippen LogP contribution in [-0.2, 0) is 6.42 Å². The number of rotatable bonds is 3. The van der Waals surface area contributed by atoms with Crippen molar-refractivity contribution in [3.8, 4) is 0 Å². The summed E-state index contributed by atoms with van der Waals surface area (Å²) in [5, 5.41) is 12.7. The van der Waals surface area contributed by atoms with Crippen LogP contribution in [0.2, 0.25) is 0 Å². The van der Waals surface area contributed by atoms with Gasteiger partial charge in [-0.1, -0.05) is 19.1 Å². The predicted octanol–water partition coefficient (Wildman–Crippen LogP) is 2.17. The highest BCUT2D eigenvalue weighted by atomic mass is 19.1. The Hall–Kier alpha value is -1.62. The molecular formula is C16H23FN2O2. The van der Waals surface area contributed by atoms with Gasteiger partial charge in [0.05, 0.1) is 6.10 Å². The smallest absolute Gasteiger partial charge is 0.317 e. The second-order valence-corrected chi connectivity index (χ2v) is 5.96.